The molecule has 9 heteroatoms. The Labute approximate surface area is 127 Å². The minimum absolute atomic E-state index is 0.0328. The van der Waals surface area contributed by atoms with Crippen LogP contribution in [0.1, 0.15) is 10.7 Å². The van der Waals surface area contributed by atoms with E-state index in [1.165, 1.54) is 11.3 Å². The lowest BCUT2D eigenvalue weighted by Crippen LogP contribution is -2.35. The molecule has 2 N–H and O–H groups in total. The number of hydrogen-bond donors (Lipinski definition) is 2. The predicted octanol–water partition coefficient (Wildman–Crippen LogP) is 2.12. The first-order chi connectivity index (χ1) is 10.4. The van der Waals surface area contributed by atoms with Crippen molar-refractivity contribution in [3.05, 3.63) is 45.7 Å². The molecule has 0 radical (unpaired) electrons. The Morgan fingerprint density at radius 2 is 1.82 bits per heavy atom. The zero-order valence-corrected chi connectivity index (χ0v) is 12.1. The van der Waals surface area contributed by atoms with Crippen LogP contribution >= 0.6 is 11.3 Å². The molecule has 1 aromatic carbocycles. The summed E-state index contributed by atoms with van der Waals surface area (Å²) in [7, 11) is 0. The van der Waals surface area contributed by atoms with E-state index in [2.05, 4.69) is 10.3 Å². The summed E-state index contributed by atoms with van der Waals surface area (Å²) in [5, 5.41) is 6.53. The van der Waals surface area contributed by atoms with Gasteiger partial charge in [0.2, 0.25) is 0 Å². The number of rotatable bonds is 3. The third kappa shape index (κ3) is 3.82. The van der Waals surface area contributed by atoms with Crippen molar-refractivity contribution in [2.75, 3.05) is 5.32 Å². The van der Waals surface area contributed by atoms with Crippen molar-refractivity contribution in [1.82, 2.24) is 10.3 Å². The molecule has 0 unspecified atom stereocenters. The molecule has 0 atom stereocenters. The number of nitrogens with zero attached hydrogens (tertiary/aromatic N) is 1. The number of amides is 2. The molecule has 0 aliphatic heterocycles. The molecule has 0 fully saturated rings. The number of halogens is 3. The molecule has 1 aromatic heterocycles. The molecule has 0 spiro atoms. The second-order valence-electron chi connectivity index (χ2n) is 4.27. The number of aromatic nitrogens is 1. The molecular formula is C13H10F3N3O2S. The lowest BCUT2D eigenvalue weighted by atomic mass is 10.2. The molecule has 0 aliphatic carbocycles. The molecule has 2 amide bonds. The highest BCUT2D eigenvalue weighted by molar-refractivity contribution is 7.09. The van der Waals surface area contributed by atoms with E-state index in [1.807, 2.05) is 5.32 Å². The number of carbonyl (C=O) groups excluding carboxylic acids is 2. The Morgan fingerprint density at radius 1 is 1.14 bits per heavy atom. The summed E-state index contributed by atoms with van der Waals surface area (Å²) in [4.78, 5) is 27.2. The number of aryl methyl sites for hydroxylation is 1. The van der Waals surface area contributed by atoms with Gasteiger partial charge in [0.1, 0.15) is 10.8 Å². The molecule has 1 heterocycles. The van der Waals surface area contributed by atoms with E-state index >= 15 is 0 Å². The van der Waals surface area contributed by atoms with E-state index in [0.717, 1.165) is 5.69 Å². The lowest BCUT2D eigenvalue weighted by Gasteiger charge is -2.07. The molecule has 22 heavy (non-hydrogen) atoms. The molecular weight excluding hydrogens is 319 g/mol. The summed E-state index contributed by atoms with van der Waals surface area (Å²) in [6, 6.07) is 0.737. The molecule has 0 saturated heterocycles. The molecule has 2 aromatic rings. The van der Waals surface area contributed by atoms with Crippen LogP contribution in [0.15, 0.2) is 17.5 Å². The Hall–Kier alpha value is -2.42. The van der Waals surface area contributed by atoms with Gasteiger partial charge in [0, 0.05) is 23.2 Å². The summed E-state index contributed by atoms with van der Waals surface area (Å²) >= 11 is 1.30. The van der Waals surface area contributed by atoms with E-state index in [1.54, 1.807) is 12.3 Å². The number of anilines is 1. The van der Waals surface area contributed by atoms with Gasteiger partial charge in [-0.1, -0.05) is 0 Å². The van der Waals surface area contributed by atoms with E-state index in [4.69, 9.17) is 0 Å². The van der Waals surface area contributed by atoms with E-state index in [9.17, 15) is 22.8 Å². The quantitative estimate of drug-likeness (QED) is 0.669. The minimum Gasteiger partial charge on any atom is -0.341 e. The van der Waals surface area contributed by atoms with Gasteiger partial charge in [0.05, 0.1) is 12.2 Å². The highest BCUT2D eigenvalue weighted by Gasteiger charge is 2.17. The van der Waals surface area contributed by atoms with Crippen LogP contribution in [-0.2, 0) is 16.1 Å². The van der Waals surface area contributed by atoms with Crippen molar-refractivity contribution in [2.45, 2.75) is 13.5 Å². The van der Waals surface area contributed by atoms with Crippen LogP contribution in [0.3, 0.4) is 0 Å². The Kier molecular flexibility index (Phi) is 4.76. The maximum absolute atomic E-state index is 13.3. The first kappa shape index (κ1) is 16.0. The van der Waals surface area contributed by atoms with Gasteiger partial charge in [-0.05, 0) is 6.92 Å². The van der Waals surface area contributed by atoms with Crippen LogP contribution in [-0.4, -0.2) is 16.8 Å². The predicted molar refractivity (Wildman–Crippen MR) is 73.6 cm³/mol. The van der Waals surface area contributed by atoms with Crippen LogP contribution in [0.2, 0.25) is 0 Å². The Balaban J connectivity index is 1.96. The molecule has 116 valence electrons. The van der Waals surface area contributed by atoms with Gasteiger partial charge in [0.15, 0.2) is 11.6 Å². The Bertz CT molecular complexity index is 733. The highest BCUT2D eigenvalue weighted by Crippen LogP contribution is 2.18. The first-order valence-corrected chi connectivity index (χ1v) is 6.89. The summed E-state index contributed by atoms with van der Waals surface area (Å²) in [5.41, 5.74) is 0.159. The first-order valence-electron chi connectivity index (χ1n) is 6.01. The number of hydrogen-bond acceptors (Lipinski definition) is 4. The summed E-state index contributed by atoms with van der Waals surface area (Å²) in [6.07, 6.45) is 0. The standard InChI is InChI=1S/C13H10F3N3O2S/c1-6-5-22-11(18-6)4-17-12(20)13(21)19-10-3-8(15)7(14)2-9(10)16/h2-3,5H,4H2,1H3,(H,17,20)(H,19,21). The fourth-order valence-corrected chi connectivity index (χ4v) is 2.23. The summed E-state index contributed by atoms with van der Waals surface area (Å²) in [6.45, 7) is 1.81. The second kappa shape index (κ2) is 6.56. The second-order valence-corrected chi connectivity index (χ2v) is 5.21. The number of benzene rings is 1. The Morgan fingerprint density at radius 3 is 2.45 bits per heavy atom. The van der Waals surface area contributed by atoms with Gasteiger partial charge in [-0.25, -0.2) is 18.2 Å². The lowest BCUT2D eigenvalue weighted by molar-refractivity contribution is -0.136. The van der Waals surface area contributed by atoms with E-state index in [-0.39, 0.29) is 12.6 Å². The zero-order valence-electron chi connectivity index (χ0n) is 11.2. The summed E-state index contributed by atoms with van der Waals surface area (Å²) < 4.78 is 39.1. The zero-order chi connectivity index (χ0) is 16.3. The maximum Gasteiger partial charge on any atom is 0.313 e. The molecule has 0 aliphatic rings. The average molecular weight is 329 g/mol. The van der Waals surface area contributed by atoms with Crippen molar-refractivity contribution in [1.29, 1.82) is 0 Å². The van der Waals surface area contributed by atoms with Crippen molar-refractivity contribution < 1.29 is 22.8 Å². The monoisotopic (exact) mass is 329 g/mol. The third-order valence-corrected chi connectivity index (χ3v) is 3.50. The normalized spacial score (nSPS) is 10.4. The van der Waals surface area contributed by atoms with Gasteiger partial charge >= 0.3 is 11.8 Å². The van der Waals surface area contributed by atoms with Crippen LogP contribution in [0.25, 0.3) is 0 Å². The minimum atomic E-state index is -1.39. The van der Waals surface area contributed by atoms with Gasteiger partial charge in [0.25, 0.3) is 0 Å². The van der Waals surface area contributed by atoms with Gasteiger partial charge in [-0.2, -0.15) is 0 Å². The largest absolute Gasteiger partial charge is 0.341 e. The van der Waals surface area contributed by atoms with Crippen molar-refractivity contribution >= 4 is 28.8 Å². The van der Waals surface area contributed by atoms with Crippen LogP contribution in [0.4, 0.5) is 18.9 Å². The van der Waals surface area contributed by atoms with E-state index < -0.39 is 35.0 Å². The summed E-state index contributed by atoms with van der Waals surface area (Å²) in [5.74, 6) is -6.15. The van der Waals surface area contributed by atoms with Gasteiger partial charge in [-0.15, -0.1) is 11.3 Å². The molecule has 5 nitrogen and oxygen atoms in total. The topological polar surface area (TPSA) is 71.1 Å². The van der Waals surface area contributed by atoms with Crippen LogP contribution in [0.5, 0.6) is 0 Å². The van der Waals surface area contributed by atoms with Gasteiger partial charge in [-0.3, -0.25) is 9.59 Å². The highest BCUT2D eigenvalue weighted by atomic mass is 32.1. The average Bonchev–Trinajstić information content (AvgIpc) is 2.87. The van der Waals surface area contributed by atoms with Gasteiger partial charge < -0.3 is 10.6 Å². The van der Waals surface area contributed by atoms with Crippen LogP contribution < -0.4 is 10.6 Å². The third-order valence-electron chi connectivity index (χ3n) is 2.53. The smallest absolute Gasteiger partial charge is 0.313 e. The fourth-order valence-electron chi connectivity index (χ4n) is 1.52. The SMILES string of the molecule is Cc1csc(CNC(=O)C(=O)Nc2cc(F)c(F)cc2F)n1. The van der Waals surface area contributed by atoms with Crippen molar-refractivity contribution in [3.8, 4) is 0 Å². The molecule has 2 rings (SSSR count). The maximum atomic E-state index is 13.3. The molecule has 0 saturated carbocycles. The van der Waals surface area contributed by atoms with Crippen LogP contribution in [0, 0.1) is 24.4 Å². The number of carbonyl (C=O) groups is 2. The number of nitrogens with one attached hydrogen (secondary N) is 2. The fraction of sp³-hybridized carbons (Fsp3) is 0.154. The molecule has 0 bridgehead atoms. The van der Waals surface area contributed by atoms with E-state index in [0.29, 0.717) is 11.1 Å². The van der Waals surface area contributed by atoms with Crippen molar-refractivity contribution in [2.24, 2.45) is 0 Å². The van der Waals surface area contributed by atoms with Crippen molar-refractivity contribution in [3.63, 3.8) is 0 Å². The number of thiazole rings is 1.